The molecule has 2 unspecified atom stereocenters. The lowest BCUT2D eigenvalue weighted by Gasteiger charge is -2.31. The van der Waals surface area contributed by atoms with Gasteiger partial charge in [-0.1, -0.05) is 36.7 Å². The molecule has 0 spiro atoms. The summed E-state index contributed by atoms with van der Waals surface area (Å²) in [7, 11) is 0. The van der Waals surface area contributed by atoms with Crippen LogP contribution in [0.25, 0.3) is 0 Å². The van der Waals surface area contributed by atoms with Gasteiger partial charge in [0.15, 0.2) is 0 Å². The van der Waals surface area contributed by atoms with Crippen LogP contribution in [0, 0.1) is 0 Å². The third-order valence-corrected chi connectivity index (χ3v) is 4.71. The first kappa shape index (κ1) is 17.0. The standard InChI is InChI=1S/C19H21ClN2O2/c1-2-21-12-17(18(23)13-21)22(16-6-4-3-5-7-16)19(24)14-8-10-15(20)11-9-14/h3-11,17-18,23H,2,12-13H2,1H3. The molecule has 0 radical (unpaired) electrons. The molecule has 1 aliphatic heterocycles. The molecule has 2 aromatic carbocycles. The van der Waals surface area contributed by atoms with E-state index < -0.39 is 6.10 Å². The third kappa shape index (κ3) is 3.46. The summed E-state index contributed by atoms with van der Waals surface area (Å²) in [5.74, 6) is -0.125. The monoisotopic (exact) mass is 344 g/mol. The predicted octanol–water partition coefficient (Wildman–Crippen LogP) is 3.05. The number of amides is 1. The number of halogens is 1. The zero-order chi connectivity index (χ0) is 17.1. The Kier molecular flexibility index (Phi) is 5.19. The molecule has 1 fully saturated rings. The number of para-hydroxylation sites is 1. The molecule has 0 aromatic heterocycles. The molecular weight excluding hydrogens is 324 g/mol. The van der Waals surface area contributed by atoms with E-state index in [4.69, 9.17) is 11.6 Å². The number of aliphatic hydroxyl groups is 1. The fourth-order valence-electron chi connectivity index (χ4n) is 3.14. The Balaban J connectivity index is 1.96. The minimum Gasteiger partial charge on any atom is -0.390 e. The van der Waals surface area contributed by atoms with Crippen LogP contribution in [0.5, 0.6) is 0 Å². The number of hydrogen-bond donors (Lipinski definition) is 1. The second-order valence-electron chi connectivity index (χ2n) is 6.00. The van der Waals surface area contributed by atoms with Gasteiger partial charge in [-0.15, -0.1) is 0 Å². The number of β-amino-alcohol motifs (C(OH)–C–C–N with tert-alkyl or cyclic N) is 1. The van der Waals surface area contributed by atoms with Crippen molar-refractivity contribution >= 4 is 23.2 Å². The molecule has 0 aliphatic carbocycles. The summed E-state index contributed by atoms with van der Waals surface area (Å²) < 4.78 is 0. The summed E-state index contributed by atoms with van der Waals surface area (Å²) in [6.07, 6.45) is -0.568. The predicted molar refractivity (Wildman–Crippen MR) is 96.6 cm³/mol. The van der Waals surface area contributed by atoms with Gasteiger partial charge in [-0.2, -0.15) is 0 Å². The minimum absolute atomic E-state index is 0.125. The Bertz CT molecular complexity index is 690. The van der Waals surface area contributed by atoms with Crippen LogP contribution < -0.4 is 4.90 Å². The zero-order valence-corrected chi connectivity index (χ0v) is 14.4. The van der Waals surface area contributed by atoms with Crippen LogP contribution in [0.2, 0.25) is 5.02 Å². The van der Waals surface area contributed by atoms with Gasteiger partial charge >= 0.3 is 0 Å². The average Bonchev–Trinajstić information content (AvgIpc) is 2.97. The van der Waals surface area contributed by atoms with Crippen molar-refractivity contribution in [2.24, 2.45) is 0 Å². The summed E-state index contributed by atoms with van der Waals surface area (Å²) in [4.78, 5) is 17.0. The molecule has 0 saturated carbocycles. The Morgan fingerprint density at radius 2 is 1.83 bits per heavy atom. The van der Waals surface area contributed by atoms with Crippen molar-refractivity contribution in [3.05, 3.63) is 65.2 Å². The summed E-state index contributed by atoms with van der Waals surface area (Å²) >= 11 is 5.93. The lowest BCUT2D eigenvalue weighted by molar-refractivity contribution is 0.0945. The van der Waals surface area contributed by atoms with E-state index in [1.165, 1.54) is 0 Å². The molecule has 4 nitrogen and oxygen atoms in total. The van der Waals surface area contributed by atoms with Gasteiger partial charge in [0.05, 0.1) is 12.1 Å². The minimum atomic E-state index is -0.568. The van der Waals surface area contributed by atoms with E-state index in [0.29, 0.717) is 23.7 Å². The molecule has 5 heteroatoms. The van der Waals surface area contributed by atoms with Crippen LogP contribution in [-0.4, -0.2) is 47.7 Å². The summed E-state index contributed by atoms with van der Waals surface area (Å²) in [5.41, 5.74) is 1.35. The summed E-state index contributed by atoms with van der Waals surface area (Å²) in [6, 6.07) is 16.1. The van der Waals surface area contributed by atoms with Gasteiger partial charge in [0.2, 0.25) is 0 Å². The van der Waals surface area contributed by atoms with Crippen LogP contribution in [0.4, 0.5) is 5.69 Å². The Morgan fingerprint density at radius 1 is 1.17 bits per heavy atom. The number of aliphatic hydroxyl groups excluding tert-OH is 1. The van der Waals surface area contributed by atoms with Gasteiger partial charge in [0, 0.05) is 29.4 Å². The van der Waals surface area contributed by atoms with Gasteiger partial charge in [-0.05, 0) is 42.9 Å². The molecule has 0 bridgehead atoms. The number of likely N-dealkylation sites (N-methyl/N-ethyl adjacent to an activating group) is 1. The first-order valence-electron chi connectivity index (χ1n) is 8.14. The molecule has 3 rings (SSSR count). The van der Waals surface area contributed by atoms with Crippen LogP contribution in [0.1, 0.15) is 17.3 Å². The maximum absolute atomic E-state index is 13.1. The van der Waals surface area contributed by atoms with Crippen molar-refractivity contribution in [3.8, 4) is 0 Å². The van der Waals surface area contributed by atoms with Crippen LogP contribution in [0.15, 0.2) is 54.6 Å². The molecular formula is C19H21ClN2O2. The highest BCUT2D eigenvalue weighted by Crippen LogP contribution is 2.26. The van der Waals surface area contributed by atoms with Crippen molar-refractivity contribution in [1.82, 2.24) is 4.90 Å². The van der Waals surface area contributed by atoms with E-state index in [0.717, 1.165) is 12.2 Å². The van der Waals surface area contributed by atoms with Crippen LogP contribution in [-0.2, 0) is 0 Å². The van der Waals surface area contributed by atoms with E-state index in [1.54, 1.807) is 29.2 Å². The molecule has 24 heavy (non-hydrogen) atoms. The SMILES string of the molecule is CCN1CC(O)C(N(C(=O)c2ccc(Cl)cc2)c2ccccc2)C1. The van der Waals surface area contributed by atoms with Gasteiger partial charge in [-0.3, -0.25) is 9.69 Å². The highest BCUT2D eigenvalue weighted by atomic mass is 35.5. The van der Waals surface area contributed by atoms with Crippen molar-refractivity contribution in [2.75, 3.05) is 24.5 Å². The van der Waals surface area contributed by atoms with Crippen molar-refractivity contribution in [2.45, 2.75) is 19.1 Å². The molecule has 126 valence electrons. The molecule has 1 N–H and O–H groups in total. The Hall–Kier alpha value is -1.88. The highest BCUT2D eigenvalue weighted by molar-refractivity contribution is 6.30. The molecule has 1 aliphatic rings. The number of rotatable bonds is 4. The van der Waals surface area contributed by atoms with Crippen molar-refractivity contribution < 1.29 is 9.90 Å². The largest absolute Gasteiger partial charge is 0.390 e. The number of nitrogens with zero attached hydrogens (tertiary/aromatic N) is 2. The molecule has 1 amide bonds. The number of carbonyl (C=O) groups is 1. The lowest BCUT2D eigenvalue weighted by atomic mass is 10.1. The van der Waals surface area contributed by atoms with Gasteiger partial charge in [0.1, 0.15) is 0 Å². The number of anilines is 1. The van der Waals surface area contributed by atoms with Gasteiger partial charge < -0.3 is 10.0 Å². The van der Waals surface area contributed by atoms with Gasteiger partial charge in [0.25, 0.3) is 5.91 Å². The summed E-state index contributed by atoms with van der Waals surface area (Å²) in [5, 5.41) is 11.1. The second-order valence-corrected chi connectivity index (χ2v) is 6.44. The summed E-state index contributed by atoms with van der Waals surface area (Å²) in [6.45, 7) is 4.15. The van der Waals surface area contributed by atoms with Gasteiger partial charge in [-0.25, -0.2) is 0 Å². The van der Waals surface area contributed by atoms with Crippen LogP contribution in [0.3, 0.4) is 0 Å². The molecule has 2 aromatic rings. The second kappa shape index (κ2) is 7.34. The lowest BCUT2D eigenvalue weighted by Crippen LogP contribution is -2.47. The third-order valence-electron chi connectivity index (χ3n) is 4.46. The molecule has 1 saturated heterocycles. The first-order chi connectivity index (χ1) is 11.6. The van der Waals surface area contributed by atoms with E-state index in [1.807, 2.05) is 30.3 Å². The maximum Gasteiger partial charge on any atom is 0.258 e. The molecule has 1 heterocycles. The fraction of sp³-hybridized carbons (Fsp3) is 0.316. The van der Waals surface area contributed by atoms with E-state index in [-0.39, 0.29) is 11.9 Å². The Labute approximate surface area is 147 Å². The van der Waals surface area contributed by atoms with E-state index >= 15 is 0 Å². The zero-order valence-electron chi connectivity index (χ0n) is 13.6. The number of likely N-dealkylation sites (tertiary alicyclic amines) is 1. The normalized spacial score (nSPS) is 21.0. The van der Waals surface area contributed by atoms with Crippen LogP contribution >= 0.6 is 11.6 Å². The smallest absolute Gasteiger partial charge is 0.258 e. The van der Waals surface area contributed by atoms with Crippen molar-refractivity contribution in [3.63, 3.8) is 0 Å². The maximum atomic E-state index is 13.1. The fourth-order valence-corrected chi connectivity index (χ4v) is 3.26. The number of carbonyl (C=O) groups excluding carboxylic acids is 1. The van der Waals surface area contributed by atoms with E-state index in [2.05, 4.69) is 11.8 Å². The molecule has 2 atom stereocenters. The average molecular weight is 345 g/mol. The highest BCUT2D eigenvalue weighted by Gasteiger charge is 2.38. The van der Waals surface area contributed by atoms with E-state index in [9.17, 15) is 9.90 Å². The number of hydrogen-bond acceptors (Lipinski definition) is 3. The van der Waals surface area contributed by atoms with Crippen molar-refractivity contribution in [1.29, 1.82) is 0 Å². The Morgan fingerprint density at radius 3 is 2.42 bits per heavy atom. The quantitative estimate of drug-likeness (QED) is 0.927. The first-order valence-corrected chi connectivity index (χ1v) is 8.52. The topological polar surface area (TPSA) is 43.8 Å². The number of benzene rings is 2.